The van der Waals surface area contributed by atoms with Crippen LogP contribution >= 0.6 is 11.8 Å². The smallest absolute Gasteiger partial charge is 0.234 e. The normalized spacial score (nSPS) is 11.9. The van der Waals surface area contributed by atoms with Gasteiger partial charge in [0.15, 0.2) is 0 Å². The number of hydrogen-bond donors (Lipinski definition) is 2. The summed E-state index contributed by atoms with van der Waals surface area (Å²) < 4.78 is 5.16. The molecule has 4 nitrogen and oxygen atoms in total. The lowest BCUT2D eigenvalue weighted by Gasteiger charge is -2.10. The van der Waals surface area contributed by atoms with E-state index in [1.165, 1.54) is 0 Å². The van der Waals surface area contributed by atoms with E-state index in [4.69, 9.17) is 10.5 Å². The third-order valence-corrected chi connectivity index (χ3v) is 3.60. The van der Waals surface area contributed by atoms with Gasteiger partial charge in [-0.3, -0.25) is 4.79 Å². The highest BCUT2D eigenvalue weighted by Crippen LogP contribution is 2.23. The molecule has 0 fully saturated rings. The van der Waals surface area contributed by atoms with E-state index in [1.54, 1.807) is 18.9 Å². The van der Waals surface area contributed by atoms with Crippen molar-refractivity contribution in [3.05, 3.63) is 24.3 Å². The molecule has 1 amide bonds. The van der Waals surface area contributed by atoms with Gasteiger partial charge in [-0.25, -0.2) is 0 Å². The summed E-state index contributed by atoms with van der Waals surface area (Å²) in [6.07, 6.45) is 0.932. The molecule has 0 aromatic heterocycles. The van der Waals surface area contributed by atoms with Crippen LogP contribution in [-0.2, 0) is 4.79 Å². The minimum absolute atomic E-state index is 0.0344. The van der Waals surface area contributed by atoms with E-state index in [9.17, 15) is 4.79 Å². The van der Waals surface area contributed by atoms with E-state index in [2.05, 4.69) is 5.32 Å². The van der Waals surface area contributed by atoms with Crippen LogP contribution in [0.15, 0.2) is 24.3 Å². The van der Waals surface area contributed by atoms with E-state index in [1.807, 2.05) is 31.2 Å². The van der Waals surface area contributed by atoms with E-state index < -0.39 is 0 Å². The van der Waals surface area contributed by atoms with Crippen molar-refractivity contribution >= 4 is 23.4 Å². The molecular weight excluding hydrogens is 248 g/mol. The van der Waals surface area contributed by atoms with Crippen molar-refractivity contribution in [2.75, 3.05) is 23.9 Å². The highest BCUT2D eigenvalue weighted by molar-refractivity contribution is 8.00. The fourth-order valence-corrected chi connectivity index (χ4v) is 2.27. The van der Waals surface area contributed by atoms with Crippen molar-refractivity contribution in [2.24, 2.45) is 5.73 Å². The first-order valence-corrected chi connectivity index (χ1v) is 7.09. The van der Waals surface area contributed by atoms with E-state index >= 15 is 0 Å². The molecule has 1 atom stereocenters. The van der Waals surface area contributed by atoms with Crippen LogP contribution in [0, 0.1) is 0 Å². The Morgan fingerprint density at radius 3 is 2.89 bits per heavy atom. The first-order chi connectivity index (χ1) is 8.67. The van der Waals surface area contributed by atoms with E-state index in [-0.39, 0.29) is 11.9 Å². The topological polar surface area (TPSA) is 64.4 Å². The molecule has 1 unspecified atom stereocenters. The number of anilines is 1. The summed E-state index contributed by atoms with van der Waals surface area (Å²) in [5.74, 6) is 1.84. The molecular formula is C13H20N2O2S. The molecule has 0 aliphatic rings. The summed E-state index contributed by atoms with van der Waals surface area (Å²) in [6.45, 7) is 2.04. The van der Waals surface area contributed by atoms with Crippen molar-refractivity contribution < 1.29 is 9.53 Å². The van der Waals surface area contributed by atoms with Crippen molar-refractivity contribution in [1.82, 2.24) is 0 Å². The van der Waals surface area contributed by atoms with Crippen molar-refractivity contribution in [3.63, 3.8) is 0 Å². The van der Waals surface area contributed by atoms with Crippen LogP contribution in [0.5, 0.6) is 5.75 Å². The van der Waals surface area contributed by atoms with Gasteiger partial charge >= 0.3 is 0 Å². The number of benzene rings is 1. The van der Waals surface area contributed by atoms with Gasteiger partial charge in [0, 0.05) is 11.8 Å². The number of nitrogens with one attached hydrogen (secondary N) is 1. The molecule has 0 aliphatic carbocycles. The Morgan fingerprint density at radius 1 is 1.50 bits per heavy atom. The van der Waals surface area contributed by atoms with Crippen LogP contribution in [0.4, 0.5) is 5.69 Å². The number of rotatable bonds is 7. The fourth-order valence-electron chi connectivity index (χ4n) is 1.36. The molecule has 0 saturated heterocycles. The lowest BCUT2D eigenvalue weighted by Crippen LogP contribution is -2.23. The number of ether oxygens (including phenoxy) is 1. The molecule has 0 saturated carbocycles. The highest BCUT2D eigenvalue weighted by Gasteiger charge is 2.07. The predicted molar refractivity (Wildman–Crippen MR) is 77.2 cm³/mol. The van der Waals surface area contributed by atoms with Gasteiger partial charge in [-0.1, -0.05) is 19.1 Å². The number of thioether (sulfide) groups is 1. The van der Waals surface area contributed by atoms with Crippen LogP contribution in [0.25, 0.3) is 0 Å². The Bertz CT molecular complexity index is 385. The number of para-hydroxylation sites is 2. The summed E-state index contributed by atoms with van der Waals surface area (Å²) in [4.78, 5) is 11.7. The second-order valence-electron chi connectivity index (χ2n) is 3.93. The Balaban J connectivity index is 2.40. The average Bonchev–Trinajstić information content (AvgIpc) is 2.39. The first-order valence-electron chi connectivity index (χ1n) is 5.93. The summed E-state index contributed by atoms with van der Waals surface area (Å²) in [7, 11) is 1.58. The van der Waals surface area contributed by atoms with Gasteiger partial charge in [0.1, 0.15) is 5.75 Å². The molecule has 0 aliphatic heterocycles. The van der Waals surface area contributed by atoms with Crippen molar-refractivity contribution in [2.45, 2.75) is 19.4 Å². The Morgan fingerprint density at radius 2 is 2.22 bits per heavy atom. The summed E-state index contributed by atoms with van der Waals surface area (Å²) in [5.41, 5.74) is 6.48. The minimum Gasteiger partial charge on any atom is -0.495 e. The first kappa shape index (κ1) is 14.9. The van der Waals surface area contributed by atoms with Gasteiger partial charge in [0.2, 0.25) is 5.91 Å². The maximum atomic E-state index is 11.7. The molecule has 3 N–H and O–H groups in total. The molecule has 0 heterocycles. The third-order valence-electron chi connectivity index (χ3n) is 2.47. The molecule has 1 aromatic rings. The van der Waals surface area contributed by atoms with Crippen LogP contribution < -0.4 is 15.8 Å². The molecule has 0 spiro atoms. The zero-order valence-electron chi connectivity index (χ0n) is 10.8. The predicted octanol–water partition coefficient (Wildman–Crippen LogP) is 2.10. The van der Waals surface area contributed by atoms with Gasteiger partial charge in [0.05, 0.1) is 18.6 Å². The Kier molecular flexibility index (Phi) is 6.60. The second-order valence-corrected chi connectivity index (χ2v) is 4.96. The minimum atomic E-state index is -0.0344. The second kappa shape index (κ2) is 8.00. The number of hydrogen-bond acceptors (Lipinski definition) is 4. The standard InChI is InChI=1S/C13H20N2O2S/c1-3-10(14)8-18-9-13(16)15-11-6-4-5-7-12(11)17-2/h4-7,10H,3,8-9,14H2,1-2H3,(H,15,16). The number of carbonyl (C=O) groups excluding carboxylic acids is 1. The summed E-state index contributed by atoms with van der Waals surface area (Å²) >= 11 is 1.55. The molecule has 0 bridgehead atoms. The number of nitrogens with two attached hydrogens (primary N) is 1. The zero-order valence-corrected chi connectivity index (χ0v) is 11.6. The van der Waals surface area contributed by atoms with Gasteiger partial charge < -0.3 is 15.8 Å². The lowest BCUT2D eigenvalue weighted by molar-refractivity contribution is -0.113. The Labute approximate surface area is 112 Å². The lowest BCUT2D eigenvalue weighted by atomic mass is 10.3. The molecule has 100 valence electrons. The molecule has 0 radical (unpaired) electrons. The van der Waals surface area contributed by atoms with Gasteiger partial charge in [-0.2, -0.15) is 11.8 Å². The average molecular weight is 268 g/mol. The number of amides is 1. The SMILES string of the molecule is CCC(N)CSCC(=O)Nc1ccccc1OC. The maximum absolute atomic E-state index is 11.7. The van der Waals surface area contributed by atoms with Gasteiger partial charge in [-0.05, 0) is 18.6 Å². The summed E-state index contributed by atoms with van der Waals surface area (Å²) in [6, 6.07) is 7.52. The van der Waals surface area contributed by atoms with Gasteiger partial charge in [-0.15, -0.1) is 0 Å². The monoisotopic (exact) mass is 268 g/mol. The van der Waals surface area contributed by atoms with Crippen molar-refractivity contribution in [1.29, 1.82) is 0 Å². The largest absolute Gasteiger partial charge is 0.495 e. The third kappa shape index (κ3) is 4.98. The number of carbonyl (C=O) groups is 1. The fraction of sp³-hybridized carbons (Fsp3) is 0.462. The molecule has 5 heteroatoms. The quantitative estimate of drug-likeness (QED) is 0.795. The van der Waals surface area contributed by atoms with Crippen LogP contribution in [0.1, 0.15) is 13.3 Å². The zero-order chi connectivity index (χ0) is 13.4. The molecule has 1 rings (SSSR count). The van der Waals surface area contributed by atoms with E-state index in [0.717, 1.165) is 12.2 Å². The maximum Gasteiger partial charge on any atom is 0.234 e. The summed E-state index contributed by atoms with van der Waals surface area (Å²) in [5, 5.41) is 2.83. The molecule has 18 heavy (non-hydrogen) atoms. The Hall–Kier alpha value is -1.20. The van der Waals surface area contributed by atoms with Crippen LogP contribution in [0.2, 0.25) is 0 Å². The van der Waals surface area contributed by atoms with Gasteiger partial charge in [0.25, 0.3) is 0 Å². The van der Waals surface area contributed by atoms with Crippen LogP contribution in [-0.4, -0.2) is 30.6 Å². The number of methoxy groups -OCH3 is 1. The van der Waals surface area contributed by atoms with E-state index in [0.29, 0.717) is 17.2 Å². The molecule has 1 aromatic carbocycles. The van der Waals surface area contributed by atoms with Crippen molar-refractivity contribution in [3.8, 4) is 5.75 Å². The van der Waals surface area contributed by atoms with Crippen LogP contribution in [0.3, 0.4) is 0 Å². The highest BCUT2D eigenvalue weighted by atomic mass is 32.2.